The number of morpholine rings is 1. The van der Waals surface area contributed by atoms with Crippen LogP contribution in [0.15, 0.2) is 30.3 Å². The lowest BCUT2D eigenvalue weighted by Crippen LogP contribution is -2.43. The Kier molecular flexibility index (Phi) is 6.60. The summed E-state index contributed by atoms with van der Waals surface area (Å²) in [6.45, 7) is 5.49. The van der Waals surface area contributed by atoms with Gasteiger partial charge in [0, 0.05) is 51.6 Å². The zero-order chi connectivity index (χ0) is 18.4. The van der Waals surface area contributed by atoms with Gasteiger partial charge in [0.25, 0.3) is 0 Å². The fraction of sp³-hybridized carbons (Fsp3) is 0.579. The number of rotatable bonds is 7. The molecule has 2 fully saturated rings. The molecule has 0 aromatic heterocycles. The molecule has 26 heavy (non-hydrogen) atoms. The molecule has 2 saturated heterocycles. The molecule has 2 atom stereocenters. The fourth-order valence-corrected chi connectivity index (χ4v) is 3.48. The number of benzene rings is 1. The van der Waals surface area contributed by atoms with Crippen molar-refractivity contribution in [2.24, 2.45) is 5.73 Å². The maximum absolute atomic E-state index is 12.3. The number of amides is 2. The molecule has 3 rings (SSSR count). The van der Waals surface area contributed by atoms with Crippen LogP contribution in [0.25, 0.3) is 0 Å². The largest absolute Gasteiger partial charge is 0.379 e. The Bertz CT molecular complexity index is 604. The van der Waals surface area contributed by atoms with E-state index in [1.165, 1.54) is 0 Å². The van der Waals surface area contributed by atoms with E-state index in [0.29, 0.717) is 19.5 Å². The van der Waals surface area contributed by atoms with Gasteiger partial charge in [0.1, 0.15) is 0 Å². The molecule has 142 valence electrons. The third kappa shape index (κ3) is 5.27. The number of likely N-dealkylation sites (tertiary alicyclic amines) is 1. The van der Waals surface area contributed by atoms with Gasteiger partial charge in [-0.15, -0.1) is 0 Å². The third-order valence-electron chi connectivity index (χ3n) is 5.00. The molecule has 2 aliphatic rings. The van der Waals surface area contributed by atoms with Crippen LogP contribution in [0.3, 0.4) is 0 Å². The molecule has 0 bridgehead atoms. The highest BCUT2D eigenvalue weighted by molar-refractivity contribution is 5.82. The van der Waals surface area contributed by atoms with Crippen molar-refractivity contribution in [1.29, 1.82) is 0 Å². The van der Waals surface area contributed by atoms with Crippen molar-refractivity contribution in [2.45, 2.75) is 24.9 Å². The van der Waals surface area contributed by atoms with E-state index in [4.69, 9.17) is 10.5 Å². The molecule has 0 aliphatic carbocycles. The van der Waals surface area contributed by atoms with Gasteiger partial charge in [0.2, 0.25) is 11.8 Å². The lowest BCUT2D eigenvalue weighted by Gasteiger charge is -2.28. The first-order chi connectivity index (χ1) is 12.6. The number of carbonyl (C=O) groups is 2. The lowest BCUT2D eigenvalue weighted by atomic mass is 10.0. The Hall–Kier alpha value is -1.96. The van der Waals surface area contributed by atoms with E-state index < -0.39 is 0 Å². The molecule has 3 N–H and O–H groups in total. The van der Waals surface area contributed by atoms with Crippen molar-refractivity contribution in [1.82, 2.24) is 15.1 Å². The molecule has 0 spiro atoms. The molecule has 2 aliphatic heterocycles. The highest BCUT2D eigenvalue weighted by atomic mass is 16.5. The second kappa shape index (κ2) is 9.12. The second-order valence-corrected chi connectivity index (χ2v) is 6.98. The van der Waals surface area contributed by atoms with Crippen molar-refractivity contribution in [3.63, 3.8) is 0 Å². The van der Waals surface area contributed by atoms with Crippen LogP contribution < -0.4 is 11.1 Å². The number of ether oxygens (including phenoxy) is 1. The highest BCUT2D eigenvalue weighted by Crippen LogP contribution is 2.15. The summed E-state index contributed by atoms with van der Waals surface area (Å²) in [5.41, 5.74) is 7.04. The Labute approximate surface area is 154 Å². The third-order valence-corrected chi connectivity index (χ3v) is 5.00. The van der Waals surface area contributed by atoms with E-state index in [-0.39, 0.29) is 30.3 Å². The number of nitrogens with zero attached hydrogens (tertiary/aromatic N) is 2. The van der Waals surface area contributed by atoms with Crippen molar-refractivity contribution in [2.75, 3.05) is 45.9 Å². The summed E-state index contributed by atoms with van der Waals surface area (Å²) in [6.07, 6.45) is 0.595. The summed E-state index contributed by atoms with van der Waals surface area (Å²) in [7, 11) is 0. The van der Waals surface area contributed by atoms with E-state index in [0.717, 1.165) is 38.4 Å². The van der Waals surface area contributed by atoms with Crippen LogP contribution in [-0.4, -0.2) is 73.6 Å². The zero-order valence-electron chi connectivity index (χ0n) is 15.1. The molecule has 0 saturated carbocycles. The van der Waals surface area contributed by atoms with Crippen LogP contribution in [0.2, 0.25) is 0 Å². The van der Waals surface area contributed by atoms with Crippen LogP contribution >= 0.6 is 0 Å². The summed E-state index contributed by atoms with van der Waals surface area (Å²) in [4.78, 5) is 28.6. The summed E-state index contributed by atoms with van der Waals surface area (Å²) in [6, 6.07) is 9.14. The smallest absolute Gasteiger partial charge is 0.224 e. The highest BCUT2D eigenvalue weighted by Gasteiger charge is 2.31. The molecule has 1 aromatic rings. The van der Waals surface area contributed by atoms with E-state index in [1.807, 2.05) is 35.2 Å². The maximum atomic E-state index is 12.3. The van der Waals surface area contributed by atoms with Gasteiger partial charge < -0.3 is 20.7 Å². The Morgan fingerprint density at radius 1 is 1.23 bits per heavy atom. The number of hydrogen-bond donors (Lipinski definition) is 2. The standard InChI is InChI=1S/C19H28N4O3/c20-17(15-4-2-1-3-5-15)13-18(24)21-16-12-19(25)23(14-16)7-6-22-8-10-26-11-9-22/h1-5,16-17H,6-14,20H2,(H,21,24). The van der Waals surface area contributed by atoms with Crippen molar-refractivity contribution < 1.29 is 14.3 Å². The predicted octanol–water partition coefficient (Wildman–Crippen LogP) is 0.126. The molecule has 1 aromatic carbocycles. The van der Waals surface area contributed by atoms with Gasteiger partial charge in [-0.3, -0.25) is 14.5 Å². The van der Waals surface area contributed by atoms with Crippen LogP contribution in [0.4, 0.5) is 0 Å². The van der Waals surface area contributed by atoms with Crippen molar-refractivity contribution in [3.05, 3.63) is 35.9 Å². The van der Waals surface area contributed by atoms with Gasteiger partial charge in [0.05, 0.1) is 19.3 Å². The number of carbonyl (C=O) groups excluding carboxylic acids is 2. The molecular formula is C19H28N4O3. The molecule has 0 radical (unpaired) electrons. The summed E-state index contributed by atoms with van der Waals surface area (Å²) in [5, 5.41) is 2.96. The predicted molar refractivity (Wildman–Crippen MR) is 98.4 cm³/mol. The van der Waals surface area contributed by atoms with Crippen LogP contribution in [0.1, 0.15) is 24.4 Å². The molecule has 7 nitrogen and oxygen atoms in total. The minimum atomic E-state index is -0.328. The normalized spacial score (nSPS) is 22.4. The minimum absolute atomic E-state index is 0.103. The van der Waals surface area contributed by atoms with E-state index in [1.54, 1.807) is 0 Å². The average Bonchev–Trinajstić information content (AvgIpc) is 3.00. The second-order valence-electron chi connectivity index (χ2n) is 6.98. The zero-order valence-corrected chi connectivity index (χ0v) is 15.1. The first-order valence-electron chi connectivity index (χ1n) is 9.29. The molecular weight excluding hydrogens is 332 g/mol. The molecule has 7 heteroatoms. The minimum Gasteiger partial charge on any atom is -0.379 e. The SMILES string of the molecule is NC(CC(=O)NC1CC(=O)N(CCN2CCOCC2)C1)c1ccccc1. The van der Waals surface area contributed by atoms with Crippen LogP contribution in [0, 0.1) is 0 Å². The summed E-state index contributed by atoms with van der Waals surface area (Å²) >= 11 is 0. The van der Waals surface area contributed by atoms with E-state index in [9.17, 15) is 9.59 Å². The fourth-order valence-electron chi connectivity index (χ4n) is 3.48. The topological polar surface area (TPSA) is 87.9 Å². The van der Waals surface area contributed by atoms with Gasteiger partial charge in [-0.2, -0.15) is 0 Å². The average molecular weight is 360 g/mol. The van der Waals surface area contributed by atoms with Crippen molar-refractivity contribution >= 4 is 11.8 Å². The number of nitrogens with two attached hydrogens (primary N) is 1. The van der Waals surface area contributed by atoms with Gasteiger partial charge >= 0.3 is 0 Å². The van der Waals surface area contributed by atoms with Crippen molar-refractivity contribution in [3.8, 4) is 0 Å². The Balaban J connectivity index is 1.41. The number of hydrogen-bond acceptors (Lipinski definition) is 5. The van der Waals surface area contributed by atoms with Gasteiger partial charge in [0.15, 0.2) is 0 Å². The Morgan fingerprint density at radius 2 is 1.96 bits per heavy atom. The lowest BCUT2D eigenvalue weighted by molar-refractivity contribution is -0.128. The van der Waals surface area contributed by atoms with Gasteiger partial charge in [-0.05, 0) is 5.56 Å². The van der Waals surface area contributed by atoms with E-state index in [2.05, 4.69) is 10.2 Å². The summed E-state index contributed by atoms with van der Waals surface area (Å²) < 4.78 is 5.34. The van der Waals surface area contributed by atoms with E-state index >= 15 is 0 Å². The quantitative estimate of drug-likeness (QED) is 0.721. The first-order valence-corrected chi connectivity index (χ1v) is 9.29. The monoisotopic (exact) mass is 360 g/mol. The molecule has 2 unspecified atom stereocenters. The van der Waals surface area contributed by atoms with Gasteiger partial charge in [-0.1, -0.05) is 30.3 Å². The first kappa shape index (κ1) is 18.8. The molecule has 2 amide bonds. The van der Waals surface area contributed by atoms with Gasteiger partial charge in [-0.25, -0.2) is 0 Å². The van der Waals surface area contributed by atoms with Crippen LogP contribution in [-0.2, 0) is 14.3 Å². The Morgan fingerprint density at radius 3 is 2.69 bits per heavy atom. The van der Waals surface area contributed by atoms with Crippen LogP contribution in [0.5, 0.6) is 0 Å². The summed E-state index contributed by atoms with van der Waals surface area (Å²) in [5.74, 6) is 0.00472. The maximum Gasteiger partial charge on any atom is 0.224 e. The number of nitrogens with one attached hydrogen (secondary N) is 1. The molecule has 2 heterocycles.